The molecule has 176 valence electrons. The predicted molar refractivity (Wildman–Crippen MR) is 121 cm³/mol. The number of hydrogen-bond acceptors (Lipinski definition) is 7. The number of amides is 1. The van der Waals surface area contributed by atoms with E-state index in [1.54, 1.807) is 10.9 Å². The first-order valence-electron chi connectivity index (χ1n) is 11.6. The minimum absolute atomic E-state index is 0.155. The maximum absolute atomic E-state index is 11.9. The molecule has 1 amide bonds. The molecule has 2 aromatic heterocycles. The Kier molecular flexibility index (Phi) is 5.69. The Balaban J connectivity index is 1.19. The van der Waals surface area contributed by atoms with Crippen molar-refractivity contribution in [3.8, 4) is 5.69 Å². The van der Waals surface area contributed by atoms with E-state index in [2.05, 4.69) is 19.9 Å². The third-order valence-corrected chi connectivity index (χ3v) is 7.23. The fraction of sp³-hybridized carbons (Fsp3) is 0.565. The maximum Gasteiger partial charge on any atom is 0.409 e. The average molecular weight is 455 g/mol. The van der Waals surface area contributed by atoms with Gasteiger partial charge in [0, 0.05) is 63.1 Å². The lowest BCUT2D eigenvalue weighted by atomic mass is 9.78. The molecule has 2 aromatic rings. The molecule has 0 aromatic carbocycles. The molecule has 1 atom stereocenters. The second-order valence-corrected chi connectivity index (χ2v) is 9.30. The van der Waals surface area contributed by atoms with Gasteiger partial charge in [0.25, 0.3) is 0 Å². The minimum atomic E-state index is -0.994. The summed E-state index contributed by atoms with van der Waals surface area (Å²) in [5, 5.41) is 13.4. The number of ether oxygens (including phenoxy) is 1. The zero-order valence-electron chi connectivity index (χ0n) is 18.9. The quantitative estimate of drug-likeness (QED) is 0.733. The Bertz CT molecular complexity index is 1030. The third kappa shape index (κ3) is 4.15. The van der Waals surface area contributed by atoms with E-state index in [4.69, 9.17) is 4.74 Å². The van der Waals surface area contributed by atoms with E-state index in [0.717, 1.165) is 57.2 Å². The van der Waals surface area contributed by atoms with Gasteiger partial charge < -0.3 is 19.6 Å². The van der Waals surface area contributed by atoms with Gasteiger partial charge in [-0.1, -0.05) is 0 Å². The van der Waals surface area contributed by atoms with Crippen molar-refractivity contribution in [1.82, 2.24) is 24.6 Å². The van der Waals surface area contributed by atoms with Gasteiger partial charge in [-0.05, 0) is 38.3 Å². The summed E-state index contributed by atoms with van der Waals surface area (Å²) in [7, 11) is 0. The fourth-order valence-electron chi connectivity index (χ4n) is 5.56. The van der Waals surface area contributed by atoms with Crippen molar-refractivity contribution >= 4 is 17.9 Å². The van der Waals surface area contributed by atoms with E-state index in [-0.39, 0.29) is 17.1 Å². The standard InChI is InChI=1S/C23H30N6O4/c1-2-33-22(32)28-15-23(16-28)6-5-18(12-23)26-8-10-27(11-9-26)20-19(4-3-7-24-20)29-14-17(13-25-29)21(30)31/h3-4,7,13-14,18H,2,5-6,8-12,15-16H2,1H3,(H,30,31)/t18-/m1/s1. The highest BCUT2D eigenvalue weighted by Gasteiger charge is 2.51. The van der Waals surface area contributed by atoms with E-state index in [9.17, 15) is 14.7 Å². The second-order valence-electron chi connectivity index (χ2n) is 9.30. The fourth-order valence-corrected chi connectivity index (χ4v) is 5.56. The van der Waals surface area contributed by atoms with Crippen molar-refractivity contribution in [3.05, 3.63) is 36.3 Å². The Morgan fingerprint density at radius 1 is 1.24 bits per heavy atom. The molecule has 0 radical (unpaired) electrons. The molecule has 0 bridgehead atoms. The van der Waals surface area contributed by atoms with Crippen LogP contribution in [0.25, 0.3) is 5.69 Å². The first kappa shape index (κ1) is 21.7. The maximum atomic E-state index is 11.9. The van der Waals surface area contributed by atoms with Crippen LogP contribution in [0.15, 0.2) is 30.7 Å². The molecule has 1 N–H and O–H groups in total. The van der Waals surface area contributed by atoms with Crippen molar-refractivity contribution < 1.29 is 19.4 Å². The lowest BCUT2D eigenvalue weighted by molar-refractivity contribution is -0.00294. The molecule has 1 aliphatic carbocycles. The summed E-state index contributed by atoms with van der Waals surface area (Å²) in [6.45, 7) is 7.54. The molecule has 10 heteroatoms. The predicted octanol–water partition coefficient (Wildman–Crippen LogP) is 2.10. The van der Waals surface area contributed by atoms with Gasteiger partial charge in [-0.25, -0.2) is 19.3 Å². The van der Waals surface area contributed by atoms with Crippen molar-refractivity contribution in [1.29, 1.82) is 0 Å². The van der Waals surface area contributed by atoms with Gasteiger partial charge in [0.15, 0.2) is 5.82 Å². The van der Waals surface area contributed by atoms with Gasteiger partial charge in [-0.3, -0.25) is 4.90 Å². The monoisotopic (exact) mass is 454 g/mol. The highest BCUT2D eigenvalue weighted by Crippen LogP contribution is 2.47. The van der Waals surface area contributed by atoms with E-state index in [1.807, 2.05) is 24.0 Å². The molecule has 1 saturated carbocycles. The van der Waals surface area contributed by atoms with Crippen molar-refractivity contribution in [2.75, 3.05) is 50.8 Å². The molecule has 5 rings (SSSR count). The molecule has 3 aliphatic rings. The summed E-state index contributed by atoms with van der Waals surface area (Å²) in [4.78, 5) is 34.4. The van der Waals surface area contributed by atoms with Crippen LogP contribution in [0.4, 0.5) is 10.6 Å². The summed E-state index contributed by atoms with van der Waals surface area (Å²) in [6.07, 6.45) is 7.95. The van der Waals surface area contributed by atoms with Crippen LogP contribution >= 0.6 is 0 Å². The Morgan fingerprint density at radius 2 is 2.03 bits per heavy atom. The second kappa shape index (κ2) is 8.66. The lowest BCUT2D eigenvalue weighted by Gasteiger charge is -2.48. The Hall–Kier alpha value is -3.14. The van der Waals surface area contributed by atoms with Gasteiger partial charge in [0.2, 0.25) is 0 Å². The van der Waals surface area contributed by atoms with Crippen LogP contribution in [0.5, 0.6) is 0 Å². The summed E-state index contributed by atoms with van der Waals surface area (Å²) >= 11 is 0. The number of pyridine rings is 1. The highest BCUT2D eigenvalue weighted by molar-refractivity contribution is 5.87. The first-order chi connectivity index (χ1) is 16.0. The number of carboxylic acids is 1. The van der Waals surface area contributed by atoms with Crippen LogP contribution in [-0.4, -0.2) is 93.7 Å². The molecular formula is C23H30N6O4. The number of aromatic nitrogens is 3. The molecule has 2 aliphatic heterocycles. The highest BCUT2D eigenvalue weighted by atomic mass is 16.6. The number of carbonyl (C=O) groups is 2. The van der Waals surface area contributed by atoms with E-state index >= 15 is 0 Å². The molecule has 4 heterocycles. The molecule has 0 unspecified atom stereocenters. The van der Waals surface area contributed by atoms with Crippen LogP contribution in [0, 0.1) is 5.41 Å². The van der Waals surface area contributed by atoms with Gasteiger partial charge in [0.05, 0.1) is 18.4 Å². The average Bonchev–Trinajstić information content (AvgIpc) is 3.47. The van der Waals surface area contributed by atoms with Gasteiger partial charge in [-0.15, -0.1) is 0 Å². The smallest absolute Gasteiger partial charge is 0.409 e. The number of aromatic carboxylic acids is 1. The van der Waals surface area contributed by atoms with Gasteiger partial charge >= 0.3 is 12.1 Å². The van der Waals surface area contributed by atoms with Gasteiger partial charge in [0.1, 0.15) is 5.69 Å². The normalized spacial score (nSPS) is 22.4. The molecule has 2 saturated heterocycles. The Labute approximate surface area is 192 Å². The van der Waals surface area contributed by atoms with Crippen LogP contribution < -0.4 is 4.90 Å². The number of piperazine rings is 1. The molecule has 33 heavy (non-hydrogen) atoms. The number of nitrogens with zero attached hydrogens (tertiary/aromatic N) is 6. The van der Waals surface area contributed by atoms with Crippen molar-refractivity contribution in [2.24, 2.45) is 5.41 Å². The van der Waals surface area contributed by atoms with E-state index in [0.29, 0.717) is 12.6 Å². The third-order valence-electron chi connectivity index (χ3n) is 7.23. The summed E-state index contributed by atoms with van der Waals surface area (Å²) in [5.74, 6) is -0.171. The van der Waals surface area contributed by atoms with Crippen molar-refractivity contribution in [2.45, 2.75) is 32.2 Å². The molecule has 1 spiro atoms. The summed E-state index contributed by atoms with van der Waals surface area (Å²) in [5.41, 5.74) is 1.21. The Morgan fingerprint density at radius 3 is 2.73 bits per heavy atom. The largest absolute Gasteiger partial charge is 0.478 e. The van der Waals surface area contributed by atoms with Crippen LogP contribution in [0.3, 0.4) is 0 Å². The SMILES string of the molecule is CCOC(=O)N1CC2(CC[C@@H](N3CCN(c4ncccc4-n4cc(C(=O)O)cn4)CC3)C2)C1. The summed E-state index contributed by atoms with van der Waals surface area (Å²) in [6, 6.07) is 4.32. The number of anilines is 1. The number of hydrogen-bond donors (Lipinski definition) is 1. The lowest BCUT2D eigenvalue weighted by Crippen LogP contribution is -2.58. The molecular weight excluding hydrogens is 424 g/mol. The zero-order valence-corrected chi connectivity index (χ0v) is 18.9. The number of likely N-dealkylation sites (tertiary alicyclic amines) is 1. The molecule has 10 nitrogen and oxygen atoms in total. The first-order valence-corrected chi connectivity index (χ1v) is 11.6. The zero-order chi connectivity index (χ0) is 23.0. The minimum Gasteiger partial charge on any atom is -0.478 e. The van der Waals surface area contributed by atoms with E-state index < -0.39 is 5.97 Å². The summed E-state index contributed by atoms with van der Waals surface area (Å²) < 4.78 is 6.72. The van der Waals surface area contributed by atoms with Crippen LogP contribution in [-0.2, 0) is 4.74 Å². The topological polar surface area (TPSA) is 104 Å². The van der Waals surface area contributed by atoms with Crippen LogP contribution in [0.2, 0.25) is 0 Å². The number of carbonyl (C=O) groups excluding carboxylic acids is 1. The van der Waals surface area contributed by atoms with Crippen molar-refractivity contribution in [3.63, 3.8) is 0 Å². The van der Waals surface area contributed by atoms with Crippen LogP contribution in [0.1, 0.15) is 36.5 Å². The van der Waals surface area contributed by atoms with Gasteiger partial charge in [-0.2, -0.15) is 5.10 Å². The molecule has 3 fully saturated rings. The number of rotatable bonds is 5. The number of carboxylic acid groups (broad SMARTS) is 1. The van der Waals surface area contributed by atoms with E-state index in [1.165, 1.54) is 25.2 Å².